The first-order valence-corrected chi connectivity index (χ1v) is 10.8. The maximum atomic E-state index is 13.1. The Kier molecular flexibility index (Phi) is 5.69. The van der Waals surface area contributed by atoms with Crippen LogP contribution >= 0.6 is 0 Å². The number of nitrogens with one attached hydrogen (secondary N) is 1. The summed E-state index contributed by atoms with van der Waals surface area (Å²) in [6.45, 7) is 1.99. The van der Waals surface area contributed by atoms with Gasteiger partial charge in [0.25, 0.3) is 11.6 Å². The minimum absolute atomic E-state index is 0.0457. The van der Waals surface area contributed by atoms with Crippen molar-refractivity contribution in [3.8, 4) is 0 Å². The van der Waals surface area contributed by atoms with E-state index in [-0.39, 0.29) is 23.3 Å². The molecule has 5 rings (SSSR count). The van der Waals surface area contributed by atoms with Gasteiger partial charge in [-0.2, -0.15) is 0 Å². The normalized spacial score (nSPS) is 15.6. The summed E-state index contributed by atoms with van der Waals surface area (Å²) >= 11 is 0. The maximum Gasteiger partial charge on any atom is 0.291 e. The van der Waals surface area contributed by atoms with Gasteiger partial charge in [-0.15, -0.1) is 0 Å². The molecule has 8 nitrogen and oxygen atoms in total. The minimum atomic E-state index is -0.419. The lowest BCUT2D eigenvalue weighted by molar-refractivity contribution is -0.384. The number of hydrogen-bond acceptors (Lipinski definition) is 5. The Bertz CT molecular complexity index is 1330. The van der Waals surface area contributed by atoms with Crippen LogP contribution in [-0.4, -0.2) is 26.8 Å². The van der Waals surface area contributed by atoms with Crippen LogP contribution in [-0.2, 0) is 13.1 Å². The number of carbonyl (C=O) groups excluding carboxylic acids is 1. The summed E-state index contributed by atoms with van der Waals surface area (Å²) in [5, 5.41) is 13.8. The summed E-state index contributed by atoms with van der Waals surface area (Å²) in [5.74, 6) is -0.0198. The quantitative estimate of drug-likeness (QED) is 0.323. The highest BCUT2D eigenvalue weighted by Gasteiger charge is 2.30. The predicted molar refractivity (Wildman–Crippen MR) is 123 cm³/mol. The highest BCUT2D eigenvalue weighted by molar-refractivity contribution is 6.02. The number of benzene rings is 2. The van der Waals surface area contributed by atoms with Gasteiger partial charge in [0.05, 0.1) is 17.5 Å². The summed E-state index contributed by atoms with van der Waals surface area (Å²) < 4.78 is 21.1. The number of fused-ring (bicyclic) bond motifs is 1. The van der Waals surface area contributed by atoms with E-state index in [4.69, 9.17) is 4.42 Å². The molecular weight excluding hydrogens is 439 g/mol. The minimum Gasteiger partial charge on any atom is -0.455 e. The lowest BCUT2D eigenvalue weighted by Gasteiger charge is -2.36. The molecule has 172 valence electrons. The molecule has 0 radical (unpaired) electrons. The van der Waals surface area contributed by atoms with Gasteiger partial charge in [-0.3, -0.25) is 19.8 Å². The van der Waals surface area contributed by atoms with Crippen molar-refractivity contribution in [1.29, 1.82) is 0 Å². The van der Waals surface area contributed by atoms with Crippen LogP contribution in [0.25, 0.3) is 0 Å². The van der Waals surface area contributed by atoms with Crippen LogP contribution in [0.2, 0.25) is 0 Å². The Morgan fingerprint density at radius 2 is 1.82 bits per heavy atom. The van der Waals surface area contributed by atoms with Crippen molar-refractivity contribution < 1.29 is 18.5 Å². The molecule has 9 heteroatoms. The molecule has 2 aromatic carbocycles. The van der Waals surface area contributed by atoms with Gasteiger partial charge in [0.1, 0.15) is 11.6 Å². The van der Waals surface area contributed by atoms with Crippen molar-refractivity contribution in [3.05, 3.63) is 118 Å². The number of nitro groups is 1. The van der Waals surface area contributed by atoms with Crippen LogP contribution in [0, 0.1) is 15.9 Å². The Hall–Kier alpha value is -4.24. The number of amides is 1. The van der Waals surface area contributed by atoms with E-state index in [9.17, 15) is 19.3 Å². The molecule has 3 heterocycles. The number of hydrogen-bond donors (Lipinski definition) is 1. The van der Waals surface area contributed by atoms with E-state index < -0.39 is 10.8 Å². The van der Waals surface area contributed by atoms with Gasteiger partial charge in [-0.05, 0) is 54.1 Å². The molecule has 1 atom stereocenters. The zero-order valence-corrected chi connectivity index (χ0v) is 18.1. The summed E-state index contributed by atoms with van der Waals surface area (Å²) in [6, 6.07) is 19.4. The fourth-order valence-electron chi connectivity index (χ4n) is 4.27. The second-order valence-electron chi connectivity index (χ2n) is 8.08. The van der Waals surface area contributed by atoms with Crippen molar-refractivity contribution in [1.82, 2.24) is 9.47 Å². The summed E-state index contributed by atoms with van der Waals surface area (Å²) in [6.07, 6.45) is 2.02. The molecule has 0 spiro atoms. The number of furan rings is 1. The van der Waals surface area contributed by atoms with Crippen molar-refractivity contribution in [2.75, 3.05) is 11.9 Å². The van der Waals surface area contributed by atoms with Crippen molar-refractivity contribution in [2.45, 2.75) is 19.1 Å². The van der Waals surface area contributed by atoms with Crippen LogP contribution in [0.1, 0.15) is 33.6 Å². The first-order chi connectivity index (χ1) is 16.5. The topological polar surface area (TPSA) is 93.5 Å². The smallest absolute Gasteiger partial charge is 0.291 e. The third-order valence-corrected chi connectivity index (χ3v) is 5.90. The fourth-order valence-corrected chi connectivity index (χ4v) is 4.27. The molecule has 1 unspecified atom stereocenters. The lowest BCUT2D eigenvalue weighted by Crippen LogP contribution is -2.37. The molecule has 0 fully saturated rings. The van der Waals surface area contributed by atoms with Crippen LogP contribution in [0.5, 0.6) is 0 Å². The number of aromatic nitrogens is 1. The molecular formula is C25H21FN4O4. The molecule has 0 saturated carbocycles. The largest absolute Gasteiger partial charge is 0.455 e. The van der Waals surface area contributed by atoms with Gasteiger partial charge < -0.3 is 14.3 Å². The average Bonchev–Trinajstić information content (AvgIpc) is 3.50. The van der Waals surface area contributed by atoms with Gasteiger partial charge >= 0.3 is 0 Å². The molecule has 34 heavy (non-hydrogen) atoms. The lowest BCUT2D eigenvalue weighted by atomic mass is 9.99. The Morgan fingerprint density at radius 1 is 1.06 bits per heavy atom. The van der Waals surface area contributed by atoms with Gasteiger partial charge in [0.2, 0.25) is 0 Å². The first-order valence-electron chi connectivity index (χ1n) is 10.8. The highest BCUT2D eigenvalue weighted by atomic mass is 19.1. The third kappa shape index (κ3) is 4.33. The second-order valence-corrected chi connectivity index (χ2v) is 8.08. The third-order valence-electron chi connectivity index (χ3n) is 5.90. The van der Waals surface area contributed by atoms with Crippen LogP contribution < -0.4 is 5.32 Å². The summed E-state index contributed by atoms with van der Waals surface area (Å²) in [4.78, 5) is 25.4. The van der Waals surface area contributed by atoms with Crippen LogP contribution in [0.3, 0.4) is 0 Å². The highest BCUT2D eigenvalue weighted by Crippen LogP contribution is 2.34. The maximum absolute atomic E-state index is 13.1. The van der Waals surface area contributed by atoms with Gasteiger partial charge in [0, 0.05) is 42.8 Å². The van der Waals surface area contributed by atoms with Crippen LogP contribution in [0.15, 0.2) is 83.4 Å². The number of nitrogens with zero attached hydrogens (tertiary/aromatic N) is 3. The van der Waals surface area contributed by atoms with Gasteiger partial charge in [0.15, 0.2) is 5.76 Å². The van der Waals surface area contributed by atoms with E-state index in [2.05, 4.69) is 14.8 Å². The Balaban J connectivity index is 1.35. The van der Waals surface area contributed by atoms with Crippen LogP contribution in [0.4, 0.5) is 15.8 Å². The number of halogens is 1. The summed E-state index contributed by atoms with van der Waals surface area (Å²) in [5.41, 5.74) is 2.54. The Morgan fingerprint density at radius 3 is 2.56 bits per heavy atom. The van der Waals surface area contributed by atoms with E-state index in [0.717, 1.165) is 24.3 Å². The number of rotatable bonds is 6. The molecule has 1 aliphatic heterocycles. The zero-order chi connectivity index (χ0) is 23.7. The van der Waals surface area contributed by atoms with E-state index in [1.807, 2.05) is 18.3 Å². The molecule has 4 aromatic rings. The van der Waals surface area contributed by atoms with E-state index in [0.29, 0.717) is 18.0 Å². The standard InChI is InChI=1S/C25H21FN4O4/c26-18-5-7-19(8-6-18)27-25(31)23-12-11-21(34-23)16-29-15-14-28-13-1-2-22(28)24(29)17-3-9-20(10-4-17)30(32)33/h1-13,24H,14-16H2,(H,27,31). The first kappa shape index (κ1) is 21.6. The number of nitro benzene ring substituents is 1. The summed E-state index contributed by atoms with van der Waals surface area (Å²) in [7, 11) is 0. The van der Waals surface area contributed by atoms with Gasteiger partial charge in [-0.25, -0.2) is 4.39 Å². The molecule has 0 aliphatic carbocycles. The average molecular weight is 460 g/mol. The fraction of sp³-hybridized carbons (Fsp3) is 0.160. The number of non-ortho nitro benzene ring substituents is 1. The van der Waals surface area contributed by atoms with Crippen molar-refractivity contribution >= 4 is 17.3 Å². The molecule has 1 amide bonds. The number of carbonyl (C=O) groups is 1. The molecule has 0 saturated heterocycles. The SMILES string of the molecule is O=C(Nc1ccc(F)cc1)c1ccc(CN2CCn3cccc3C2c2ccc([N+](=O)[O-])cc2)o1. The monoisotopic (exact) mass is 460 g/mol. The van der Waals surface area contributed by atoms with E-state index in [1.54, 1.807) is 24.3 Å². The van der Waals surface area contributed by atoms with Crippen molar-refractivity contribution in [3.63, 3.8) is 0 Å². The zero-order valence-electron chi connectivity index (χ0n) is 18.1. The molecule has 0 bridgehead atoms. The van der Waals surface area contributed by atoms with Crippen molar-refractivity contribution in [2.24, 2.45) is 0 Å². The number of anilines is 1. The molecule has 1 aliphatic rings. The Labute approximate surface area is 194 Å². The van der Waals surface area contributed by atoms with E-state index >= 15 is 0 Å². The molecule has 2 aromatic heterocycles. The van der Waals surface area contributed by atoms with E-state index in [1.165, 1.54) is 36.4 Å². The van der Waals surface area contributed by atoms with Gasteiger partial charge in [-0.1, -0.05) is 12.1 Å². The second kappa shape index (κ2) is 8.95. The predicted octanol–water partition coefficient (Wildman–Crippen LogP) is 4.99. The molecule has 1 N–H and O–H groups in total.